The third-order valence-electron chi connectivity index (χ3n) is 6.88. The zero-order chi connectivity index (χ0) is 26.2. The van der Waals surface area contributed by atoms with Crippen LogP contribution >= 0.6 is 0 Å². The Morgan fingerprint density at radius 2 is 1.97 bits per heavy atom. The number of hydrogen-bond acceptors (Lipinski definition) is 5. The Balaban J connectivity index is 2.26. The molecule has 3 aromatic rings. The van der Waals surface area contributed by atoms with E-state index in [0.717, 1.165) is 52.9 Å². The Kier molecular flexibility index (Phi) is 9.68. The third-order valence-corrected chi connectivity index (χ3v) is 6.88. The van der Waals surface area contributed by atoms with Gasteiger partial charge in [0.15, 0.2) is 0 Å². The van der Waals surface area contributed by atoms with Crippen LogP contribution in [0.3, 0.4) is 0 Å². The van der Waals surface area contributed by atoms with Crippen molar-refractivity contribution in [3.8, 4) is 17.1 Å². The van der Waals surface area contributed by atoms with Crippen molar-refractivity contribution in [3.63, 3.8) is 0 Å². The highest BCUT2D eigenvalue weighted by Gasteiger charge is 2.22. The molecule has 1 N–H and O–H groups in total. The zero-order valence-electron chi connectivity index (χ0n) is 23.4. The van der Waals surface area contributed by atoms with Gasteiger partial charge < -0.3 is 14.6 Å². The van der Waals surface area contributed by atoms with Crippen LogP contribution in [0.5, 0.6) is 5.88 Å². The van der Waals surface area contributed by atoms with Gasteiger partial charge in [-0.05, 0) is 70.2 Å². The molecule has 0 aromatic carbocycles. The van der Waals surface area contributed by atoms with Crippen LogP contribution in [0, 0.1) is 12.8 Å². The second-order valence-electron chi connectivity index (χ2n) is 9.38. The maximum atomic E-state index is 5.86. The molecule has 0 aliphatic heterocycles. The van der Waals surface area contributed by atoms with E-state index in [-0.39, 0.29) is 0 Å². The standard InChI is InChI=1S/C30H43N5O/c1-9-20(6)17-23(31-12-4)19-33-26-18-25(24-15-14-16-32-30(24)36-13-5)34-28-22(8)27(11-3)35(29(26)28)21(7)10-2/h12,14-18,20-21H,9-11,13,19H2,1-8H3,(H,33,34)/b23-17-,31-12?. The number of anilines is 1. The van der Waals surface area contributed by atoms with E-state index in [1.165, 1.54) is 11.3 Å². The second-order valence-corrected chi connectivity index (χ2v) is 9.38. The maximum absolute atomic E-state index is 5.86. The molecule has 3 aromatic heterocycles. The first kappa shape index (κ1) is 27.4. The molecule has 0 aliphatic carbocycles. The molecule has 0 bridgehead atoms. The summed E-state index contributed by atoms with van der Waals surface area (Å²) >= 11 is 0. The summed E-state index contributed by atoms with van der Waals surface area (Å²) in [5.41, 5.74) is 8.64. The summed E-state index contributed by atoms with van der Waals surface area (Å²) in [7, 11) is 0. The normalized spacial score (nSPS) is 13.9. The number of hydrogen-bond donors (Lipinski definition) is 1. The van der Waals surface area contributed by atoms with Gasteiger partial charge in [-0.1, -0.05) is 40.2 Å². The first-order valence-corrected chi connectivity index (χ1v) is 13.5. The molecule has 0 aliphatic rings. The topological polar surface area (TPSA) is 64.3 Å². The SMILES string of the molecule is CC=N/C(=C\C(C)CC)CNc1cc(-c2cccnc2OCC)nc2c(C)c(CC)n(C(C)CC)c12. The van der Waals surface area contributed by atoms with Crippen LogP contribution < -0.4 is 10.1 Å². The molecule has 0 radical (unpaired) electrons. The number of aromatic nitrogens is 3. The van der Waals surface area contributed by atoms with Crippen molar-refractivity contribution in [2.45, 2.75) is 80.7 Å². The largest absolute Gasteiger partial charge is 0.477 e. The van der Waals surface area contributed by atoms with E-state index in [1.807, 2.05) is 32.2 Å². The molecule has 0 fully saturated rings. The highest BCUT2D eigenvalue weighted by atomic mass is 16.5. The molecule has 3 rings (SSSR count). The summed E-state index contributed by atoms with van der Waals surface area (Å²) in [5.74, 6) is 1.08. The van der Waals surface area contributed by atoms with Gasteiger partial charge in [-0.25, -0.2) is 9.97 Å². The molecule has 6 heteroatoms. The molecular formula is C30H43N5O. The lowest BCUT2D eigenvalue weighted by Gasteiger charge is -2.20. The second kappa shape index (κ2) is 12.7. The Bertz CT molecular complexity index is 1220. The Morgan fingerprint density at radius 1 is 1.19 bits per heavy atom. The smallest absolute Gasteiger partial charge is 0.222 e. The maximum Gasteiger partial charge on any atom is 0.222 e. The van der Waals surface area contributed by atoms with Crippen molar-refractivity contribution in [2.75, 3.05) is 18.5 Å². The van der Waals surface area contributed by atoms with Crippen molar-refractivity contribution in [1.29, 1.82) is 0 Å². The van der Waals surface area contributed by atoms with Crippen LogP contribution in [0.1, 0.15) is 78.6 Å². The van der Waals surface area contributed by atoms with Gasteiger partial charge in [0.25, 0.3) is 0 Å². The lowest BCUT2D eigenvalue weighted by atomic mass is 10.1. The predicted molar refractivity (Wildman–Crippen MR) is 153 cm³/mol. The van der Waals surface area contributed by atoms with Gasteiger partial charge in [0.2, 0.25) is 5.88 Å². The molecule has 194 valence electrons. The van der Waals surface area contributed by atoms with E-state index in [1.54, 1.807) is 6.20 Å². The van der Waals surface area contributed by atoms with E-state index in [9.17, 15) is 0 Å². The fourth-order valence-electron chi connectivity index (χ4n) is 4.66. The number of fused-ring (bicyclic) bond motifs is 1. The summed E-state index contributed by atoms with van der Waals surface area (Å²) in [6, 6.07) is 6.49. The molecule has 2 atom stereocenters. The van der Waals surface area contributed by atoms with E-state index < -0.39 is 0 Å². The van der Waals surface area contributed by atoms with Crippen LogP contribution in [0.15, 0.2) is 41.2 Å². The van der Waals surface area contributed by atoms with Gasteiger partial charge >= 0.3 is 0 Å². The number of allylic oxidation sites excluding steroid dienone is 1. The van der Waals surface area contributed by atoms with Crippen molar-refractivity contribution in [2.24, 2.45) is 10.9 Å². The number of ether oxygens (including phenoxy) is 1. The highest BCUT2D eigenvalue weighted by molar-refractivity contribution is 5.95. The summed E-state index contributed by atoms with van der Waals surface area (Å²) in [5, 5.41) is 3.74. The number of aryl methyl sites for hydroxylation is 1. The van der Waals surface area contributed by atoms with E-state index in [2.05, 4.69) is 73.5 Å². The number of pyridine rings is 2. The summed E-state index contributed by atoms with van der Waals surface area (Å²) in [4.78, 5) is 14.3. The van der Waals surface area contributed by atoms with Gasteiger partial charge in [-0.2, -0.15) is 0 Å². The molecule has 6 nitrogen and oxygen atoms in total. The first-order valence-electron chi connectivity index (χ1n) is 13.5. The molecule has 36 heavy (non-hydrogen) atoms. The average Bonchev–Trinajstić information content (AvgIpc) is 3.18. The third kappa shape index (κ3) is 5.80. The monoisotopic (exact) mass is 489 g/mol. The van der Waals surface area contributed by atoms with Crippen LogP contribution in [-0.2, 0) is 6.42 Å². The van der Waals surface area contributed by atoms with Crippen LogP contribution in [-0.4, -0.2) is 33.9 Å². The zero-order valence-corrected chi connectivity index (χ0v) is 23.4. The lowest BCUT2D eigenvalue weighted by Crippen LogP contribution is -2.11. The van der Waals surface area contributed by atoms with Gasteiger partial charge in [0.1, 0.15) is 0 Å². The molecule has 3 heterocycles. The Labute approximate surface area is 216 Å². The fourth-order valence-corrected chi connectivity index (χ4v) is 4.66. The Morgan fingerprint density at radius 3 is 2.61 bits per heavy atom. The van der Waals surface area contributed by atoms with Crippen molar-refractivity contribution >= 4 is 22.9 Å². The molecule has 0 saturated carbocycles. The summed E-state index contributed by atoms with van der Waals surface area (Å²) < 4.78 is 8.34. The number of nitrogens with zero attached hydrogens (tertiary/aromatic N) is 4. The molecule has 2 unspecified atom stereocenters. The molecule has 0 spiro atoms. The predicted octanol–water partition coefficient (Wildman–Crippen LogP) is 7.77. The van der Waals surface area contributed by atoms with Gasteiger partial charge in [-0.15, -0.1) is 0 Å². The van der Waals surface area contributed by atoms with Crippen LogP contribution in [0.2, 0.25) is 0 Å². The quantitative estimate of drug-likeness (QED) is 0.264. The molecular weight excluding hydrogens is 446 g/mol. The van der Waals surface area contributed by atoms with E-state index in [0.29, 0.717) is 31.0 Å². The van der Waals surface area contributed by atoms with Crippen LogP contribution in [0.4, 0.5) is 5.69 Å². The average molecular weight is 490 g/mol. The lowest BCUT2D eigenvalue weighted by molar-refractivity contribution is 0.328. The minimum absolute atomic E-state index is 0.366. The number of aliphatic imine (C=N–C) groups is 1. The van der Waals surface area contributed by atoms with Crippen molar-refractivity contribution < 1.29 is 4.74 Å². The Hall–Kier alpha value is -3.15. The van der Waals surface area contributed by atoms with E-state index in [4.69, 9.17) is 9.72 Å². The summed E-state index contributed by atoms with van der Waals surface area (Å²) in [6.45, 7) is 18.5. The molecule has 0 amide bonds. The molecule has 0 saturated heterocycles. The van der Waals surface area contributed by atoms with Gasteiger partial charge in [0.05, 0.1) is 46.8 Å². The number of nitrogens with one attached hydrogen (secondary N) is 1. The fraction of sp³-hybridized carbons (Fsp3) is 0.500. The van der Waals surface area contributed by atoms with Crippen LogP contribution in [0.25, 0.3) is 22.3 Å². The summed E-state index contributed by atoms with van der Waals surface area (Å²) in [6.07, 6.45) is 8.99. The minimum Gasteiger partial charge on any atom is -0.477 e. The minimum atomic E-state index is 0.366. The van der Waals surface area contributed by atoms with Crippen molar-refractivity contribution in [1.82, 2.24) is 14.5 Å². The first-order chi connectivity index (χ1) is 17.4. The van der Waals surface area contributed by atoms with Crippen molar-refractivity contribution in [3.05, 3.63) is 47.4 Å². The van der Waals surface area contributed by atoms with E-state index >= 15 is 0 Å². The highest BCUT2D eigenvalue weighted by Crippen LogP contribution is 2.38. The number of rotatable bonds is 12. The van der Waals surface area contributed by atoms with Gasteiger partial charge in [0, 0.05) is 24.1 Å². The van der Waals surface area contributed by atoms with Gasteiger partial charge in [-0.3, -0.25) is 4.99 Å².